The highest BCUT2D eigenvalue weighted by Crippen LogP contribution is 2.12. The molecule has 0 aromatic carbocycles. The van der Waals surface area contributed by atoms with Crippen LogP contribution in [0.3, 0.4) is 0 Å². The summed E-state index contributed by atoms with van der Waals surface area (Å²) in [4.78, 5) is 77.9. The Morgan fingerprint density at radius 2 is 1.11 bits per heavy atom. The number of carboxylic acids is 1. The first-order valence-electron chi connectivity index (χ1n) is 16.4. The number of carbonyl (C=O) groups excluding carboxylic acids is 5. The Bertz CT molecular complexity index is 1040. The number of carboxylic acid groups (broad SMARTS) is 1. The van der Waals surface area contributed by atoms with Gasteiger partial charge in [-0.2, -0.15) is 11.8 Å². The van der Waals surface area contributed by atoms with Crippen LogP contribution in [0.15, 0.2) is 0 Å². The lowest BCUT2D eigenvalue weighted by atomic mass is 9.98. The highest BCUT2D eigenvalue weighted by Gasteiger charge is 2.35. The third kappa shape index (κ3) is 16.2. The van der Waals surface area contributed by atoms with E-state index in [9.17, 15) is 39.0 Å². The van der Waals surface area contributed by atoms with Gasteiger partial charge in [-0.05, 0) is 61.9 Å². The zero-order valence-electron chi connectivity index (χ0n) is 29.7. The number of nitrogens with one attached hydrogen (secondary N) is 5. The van der Waals surface area contributed by atoms with E-state index in [-0.39, 0.29) is 37.0 Å². The molecule has 272 valence electrons. The lowest BCUT2D eigenvalue weighted by Crippen LogP contribution is -2.61. The molecule has 0 aliphatic rings. The Labute approximate surface area is 284 Å². The highest BCUT2D eigenvalue weighted by atomic mass is 32.2. The number of carbonyl (C=O) groups is 6. The van der Waals surface area contributed by atoms with Crippen molar-refractivity contribution in [1.29, 1.82) is 0 Å². The zero-order chi connectivity index (χ0) is 36.6. The van der Waals surface area contributed by atoms with Crippen LogP contribution >= 0.6 is 11.8 Å². The Morgan fingerprint density at radius 1 is 0.660 bits per heavy atom. The standard InChI is InChI=1S/C32H60N6O8S/c1-11-19(8)24(33)29(42)38-26(20(9)39)31(44)35-22(14-16(2)3)28(41)37-25(18(6)7)30(43)34-21(12-13-47-10)27(40)36-23(32(45)46)15-17(4)5/h16-26,39H,11-15,33H2,1-10H3,(H,34,43)(H,35,44)(H,36,40)(H,37,41)(H,38,42)(H,45,46). The molecular formula is C32H60N6O8S. The van der Waals surface area contributed by atoms with E-state index in [2.05, 4.69) is 26.6 Å². The normalized spacial score (nSPS) is 16.7. The van der Waals surface area contributed by atoms with Gasteiger partial charge >= 0.3 is 5.97 Å². The molecule has 0 rings (SSSR count). The lowest BCUT2D eigenvalue weighted by molar-refractivity contribution is -0.143. The van der Waals surface area contributed by atoms with Crippen molar-refractivity contribution >= 4 is 47.3 Å². The molecule has 14 nitrogen and oxygen atoms in total. The van der Waals surface area contributed by atoms with E-state index < -0.39 is 83.8 Å². The van der Waals surface area contributed by atoms with Gasteiger partial charge in [-0.15, -0.1) is 0 Å². The van der Waals surface area contributed by atoms with Crippen LogP contribution in [0.4, 0.5) is 0 Å². The molecule has 0 aliphatic carbocycles. The van der Waals surface area contributed by atoms with Gasteiger partial charge in [0.25, 0.3) is 0 Å². The minimum atomic E-state index is -1.38. The van der Waals surface area contributed by atoms with Gasteiger partial charge in [0.15, 0.2) is 0 Å². The van der Waals surface area contributed by atoms with E-state index in [0.717, 1.165) is 0 Å². The predicted molar refractivity (Wildman–Crippen MR) is 183 cm³/mol. The van der Waals surface area contributed by atoms with Gasteiger partial charge in [-0.25, -0.2) is 4.79 Å². The minimum absolute atomic E-state index is 0.00456. The molecular weight excluding hydrogens is 628 g/mol. The minimum Gasteiger partial charge on any atom is -0.480 e. The molecule has 0 saturated heterocycles. The van der Waals surface area contributed by atoms with Gasteiger partial charge in [0.05, 0.1) is 12.1 Å². The molecule has 15 heteroatoms. The SMILES string of the molecule is CCC(C)C(N)C(=O)NC(C(=O)NC(CC(C)C)C(=O)NC(C(=O)NC(CCSC)C(=O)NC(CC(C)C)C(=O)O)C(C)C)C(C)O. The summed E-state index contributed by atoms with van der Waals surface area (Å²) in [5.41, 5.74) is 6.00. The third-order valence-electron chi connectivity index (χ3n) is 7.77. The Balaban J connectivity index is 5.98. The van der Waals surface area contributed by atoms with E-state index in [1.165, 1.54) is 18.7 Å². The molecule has 0 heterocycles. The highest BCUT2D eigenvalue weighted by molar-refractivity contribution is 7.98. The van der Waals surface area contributed by atoms with Gasteiger partial charge in [-0.3, -0.25) is 24.0 Å². The lowest BCUT2D eigenvalue weighted by Gasteiger charge is -2.30. The van der Waals surface area contributed by atoms with E-state index in [0.29, 0.717) is 12.2 Å². The fourth-order valence-electron chi connectivity index (χ4n) is 4.65. The summed E-state index contributed by atoms with van der Waals surface area (Å²) in [6, 6.07) is -6.69. The quantitative estimate of drug-likeness (QED) is 0.0796. The monoisotopic (exact) mass is 688 g/mol. The number of aliphatic hydroxyl groups excluding tert-OH is 1. The number of aliphatic hydroxyl groups is 1. The Morgan fingerprint density at radius 3 is 1.55 bits per heavy atom. The van der Waals surface area contributed by atoms with Gasteiger partial charge in [0.1, 0.15) is 30.2 Å². The van der Waals surface area contributed by atoms with Crippen LogP contribution in [0.25, 0.3) is 0 Å². The van der Waals surface area contributed by atoms with Crippen molar-refractivity contribution < 1.29 is 39.0 Å². The number of nitrogens with two attached hydrogens (primary N) is 1. The molecule has 5 amide bonds. The van der Waals surface area contributed by atoms with Crippen LogP contribution in [0.5, 0.6) is 0 Å². The summed E-state index contributed by atoms with van der Waals surface area (Å²) in [5, 5.41) is 32.9. The second kappa shape index (κ2) is 21.9. The number of thioether (sulfide) groups is 1. The number of hydrogen-bond donors (Lipinski definition) is 8. The first-order valence-corrected chi connectivity index (χ1v) is 17.8. The van der Waals surface area contributed by atoms with Crippen LogP contribution in [0.1, 0.15) is 88.0 Å². The van der Waals surface area contributed by atoms with E-state index >= 15 is 0 Å². The van der Waals surface area contributed by atoms with Crippen molar-refractivity contribution in [3.8, 4) is 0 Å². The molecule has 0 fully saturated rings. The van der Waals surface area contributed by atoms with Crippen LogP contribution in [-0.4, -0.2) is 100 Å². The number of aliphatic carboxylic acids is 1. The molecule has 9 N–H and O–H groups in total. The topological polar surface area (TPSA) is 229 Å². The molecule has 0 aromatic heterocycles. The van der Waals surface area contributed by atoms with Crippen molar-refractivity contribution in [2.45, 2.75) is 130 Å². The number of amides is 5. The average Bonchev–Trinajstić information content (AvgIpc) is 2.97. The summed E-state index contributed by atoms with van der Waals surface area (Å²) in [6.07, 6.45) is 1.79. The maximum Gasteiger partial charge on any atom is 0.326 e. The molecule has 0 saturated carbocycles. The van der Waals surface area contributed by atoms with E-state index in [4.69, 9.17) is 5.73 Å². The Kier molecular flexibility index (Phi) is 20.5. The molecule has 0 radical (unpaired) electrons. The van der Waals surface area contributed by atoms with Crippen molar-refractivity contribution in [2.75, 3.05) is 12.0 Å². The summed E-state index contributed by atoms with van der Waals surface area (Å²) in [5.74, 6) is -4.69. The molecule has 47 heavy (non-hydrogen) atoms. The van der Waals surface area contributed by atoms with Crippen molar-refractivity contribution in [3.63, 3.8) is 0 Å². The third-order valence-corrected chi connectivity index (χ3v) is 8.42. The van der Waals surface area contributed by atoms with Crippen LogP contribution < -0.4 is 32.3 Å². The molecule has 0 bridgehead atoms. The fourth-order valence-corrected chi connectivity index (χ4v) is 5.12. The largest absolute Gasteiger partial charge is 0.480 e. The second-order valence-electron chi connectivity index (χ2n) is 13.4. The predicted octanol–water partition coefficient (Wildman–Crippen LogP) is 0.751. The van der Waals surface area contributed by atoms with E-state index in [1.54, 1.807) is 20.8 Å². The maximum absolute atomic E-state index is 13.6. The average molecular weight is 689 g/mol. The fraction of sp³-hybridized carbons (Fsp3) is 0.812. The van der Waals surface area contributed by atoms with Crippen LogP contribution in [0, 0.1) is 23.7 Å². The first-order chi connectivity index (χ1) is 21.8. The molecule has 8 atom stereocenters. The summed E-state index contributed by atoms with van der Waals surface area (Å²) in [7, 11) is 0. The number of rotatable bonds is 22. The van der Waals surface area contributed by atoms with Crippen LogP contribution in [0.2, 0.25) is 0 Å². The van der Waals surface area contributed by atoms with Gasteiger partial charge in [-0.1, -0.05) is 61.8 Å². The first kappa shape index (κ1) is 44.1. The van der Waals surface area contributed by atoms with Crippen molar-refractivity contribution in [3.05, 3.63) is 0 Å². The Hall–Kier alpha value is -2.91. The summed E-state index contributed by atoms with van der Waals surface area (Å²) < 4.78 is 0. The molecule has 0 aromatic rings. The summed E-state index contributed by atoms with van der Waals surface area (Å²) >= 11 is 1.45. The molecule has 8 unspecified atom stereocenters. The smallest absolute Gasteiger partial charge is 0.326 e. The molecule has 0 spiro atoms. The zero-order valence-corrected chi connectivity index (χ0v) is 30.5. The summed E-state index contributed by atoms with van der Waals surface area (Å²) in [6.45, 7) is 15.8. The maximum atomic E-state index is 13.6. The van der Waals surface area contributed by atoms with Crippen molar-refractivity contribution in [2.24, 2.45) is 29.4 Å². The molecule has 0 aliphatic heterocycles. The van der Waals surface area contributed by atoms with E-state index in [1.807, 2.05) is 40.9 Å². The van der Waals surface area contributed by atoms with Crippen molar-refractivity contribution in [1.82, 2.24) is 26.6 Å². The van der Waals surface area contributed by atoms with Gasteiger partial charge in [0, 0.05) is 0 Å². The number of hydrogen-bond acceptors (Lipinski definition) is 9. The second-order valence-corrected chi connectivity index (χ2v) is 14.4. The van der Waals surface area contributed by atoms with Gasteiger partial charge in [0.2, 0.25) is 29.5 Å². The van der Waals surface area contributed by atoms with Crippen LogP contribution in [-0.2, 0) is 28.8 Å². The van der Waals surface area contributed by atoms with Gasteiger partial charge < -0.3 is 42.5 Å².